The molecule has 93 valence electrons. The molecule has 0 saturated heterocycles. The second kappa shape index (κ2) is 5.80. The topological polar surface area (TPSA) is 129 Å². The van der Waals surface area contributed by atoms with E-state index in [2.05, 4.69) is 0 Å². The zero-order chi connectivity index (χ0) is 12.9. The summed E-state index contributed by atoms with van der Waals surface area (Å²) in [4.78, 5) is 21.2. The van der Waals surface area contributed by atoms with E-state index in [0.29, 0.717) is 12.8 Å². The summed E-state index contributed by atoms with van der Waals surface area (Å²) in [6, 6.07) is 0. The number of unbranched alkanes of at least 4 members (excludes halogenated alkanes) is 1. The Morgan fingerprint density at radius 1 is 1.19 bits per heavy atom. The van der Waals surface area contributed by atoms with Crippen molar-refractivity contribution < 1.29 is 32.8 Å². The number of hydrogen-bond donors (Lipinski definition) is 3. The minimum atomic E-state index is -4.73. The highest BCUT2D eigenvalue weighted by molar-refractivity contribution is 7.86. The van der Waals surface area contributed by atoms with Gasteiger partial charge in [0.1, 0.15) is 5.25 Å². The first-order valence-electron chi connectivity index (χ1n) is 4.51. The van der Waals surface area contributed by atoms with Crippen LogP contribution >= 0.6 is 0 Å². The van der Waals surface area contributed by atoms with Gasteiger partial charge in [-0.2, -0.15) is 8.42 Å². The maximum absolute atomic E-state index is 10.9. The summed E-state index contributed by atoms with van der Waals surface area (Å²) >= 11 is 0. The quantitative estimate of drug-likeness (QED) is 0.435. The summed E-state index contributed by atoms with van der Waals surface area (Å²) in [5.74, 6) is -4.94. The van der Waals surface area contributed by atoms with Gasteiger partial charge in [-0.3, -0.25) is 14.1 Å². The molecule has 1 unspecified atom stereocenters. The summed E-state index contributed by atoms with van der Waals surface area (Å²) in [6.07, 6.45) is 0.621. The Hall–Kier alpha value is -1.15. The summed E-state index contributed by atoms with van der Waals surface area (Å²) in [5.41, 5.74) is 0. The molecule has 0 spiro atoms. The van der Waals surface area contributed by atoms with Crippen molar-refractivity contribution in [3.8, 4) is 0 Å². The number of hydrogen-bond acceptors (Lipinski definition) is 4. The molecule has 0 fully saturated rings. The van der Waals surface area contributed by atoms with Gasteiger partial charge in [-0.1, -0.05) is 19.8 Å². The van der Waals surface area contributed by atoms with Crippen molar-refractivity contribution in [2.24, 2.45) is 0 Å². The Labute approximate surface area is 92.8 Å². The molecule has 0 bridgehead atoms. The van der Waals surface area contributed by atoms with Crippen molar-refractivity contribution in [2.75, 3.05) is 0 Å². The third-order valence-electron chi connectivity index (χ3n) is 1.96. The third kappa shape index (κ3) is 4.15. The molecule has 0 amide bonds. The van der Waals surface area contributed by atoms with Crippen LogP contribution in [0.2, 0.25) is 0 Å². The zero-order valence-corrected chi connectivity index (χ0v) is 9.40. The van der Waals surface area contributed by atoms with Crippen LogP contribution in [-0.4, -0.2) is 40.4 Å². The van der Waals surface area contributed by atoms with Crippen molar-refractivity contribution >= 4 is 22.1 Å². The smallest absolute Gasteiger partial charge is 0.324 e. The second-order valence-electron chi connectivity index (χ2n) is 3.17. The van der Waals surface area contributed by atoms with Crippen LogP contribution in [0.4, 0.5) is 0 Å². The largest absolute Gasteiger partial charge is 0.480 e. The normalized spacial score (nSPS) is 13.7. The SMILES string of the molecule is CCCCC([C](C(=O)O)C(=O)O)S(=O)(=O)O. The molecule has 8 heteroatoms. The van der Waals surface area contributed by atoms with E-state index in [-0.39, 0.29) is 6.42 Å². The molecule has 1 atom stereocenters. The Bertz CT molecular complexity index is 345. The first-order valence-corrected chi connectivity index (χ1v) is 6.01. The van der Waals surface area contributed by atoms with E-state index in [4.69, 9.17) is 14.8 Å². The zero-order valence-electron chi connectivity index (χ0n) is 8.58. The van der Waals surface area contributed by atoms with Gasteiger partial charge >= 0.3 is 11.9 Å². The molecule has 0 heterocycles. The van der Waals surface area contributed by atoms with Gasteiger partial charge in [0.2, 0.25) is 5.92 Å². The molecular formula is C8H13O7S. The van der Waals surface area contributed by atoms with E-state index in [0.717, 1.165) is 0 Å². The fourth-order valence-corrected chi connectivity index (χ4v) is 2.16. The number of carboxylic acids is 2. The number of carboxylic acid groups (broad SMARTS) is 2. The van der Waals surface area contributed by atoms with Crippen molar-refractivity contribution in [1.29, 1.82) is 0 Å². The Balaban J connectivity index is 5.13. The first kappa shape index (κ1) is 14.8. The van der Waals surface area contributed by atoms with Crippen LogP contribution < -0.4 is 0 Å². The van der Waals surface area contributed by atoms with E-state index >= 15 is 0 Å². The van der Waals surface area contributed by atoms with E-state index in [1.807, 2.05) is 0 Å². The molecule has 0 aliphatic heterocycles. The van der Waals surface area contributed by atoms with Gasteiger partial charge in [0.15, 0.2) is 0 Å². The van der Waals surface area contributed by atoms with E-state index in [1.165, 1.54) is 0 Å². The average molecular weight is 253 g/mol. The van der Waals surface area contributed by atoms with Gasteiger partial charge in [0.25, 0.3) is 10.1 Å². The van der Waals surface area contributed by atoms with Crippen LogP contribution in [0.25, 0.3) is 0 Å². The van der Waals surface area contributed by atoms with Crippen molar-refractivity contribution in [3.63, 3.8) is 0 Å². The highest BCUT2D eigenvalue weighted by Crippen LogP contribution is 2.21. The maximum Gasteiger partial charge on any atom is 0.324 e. The van der Waals surface area contributed by atoms with Gasteiger partial charge in [-0.15, -0.1) is 0 Å². The van der Waals surface area contributed by atoms with E-state index in [9.17, 15) is 18.0 Å². The molecule has 3 N–H and O–H groups in total. The average Bonchev–Trinajstić information content (AvgIpc) is 2.08. The first-order chi connectivity index (χ1) is 7.21. The summed E-state index contributed by atoms with van der Waals surface area (Å²) < 4.78 is 30.6. The second-order valence-corrected chi connectivity index (χ2v) is 4.77. The Morgan fingerprint density at radius 3 is 1.88 bits per heavy atom. The van der Waals surface area contributed by atoms with Crippen LogP contribution in [0.3, 0.4) is 0 Å². The molecule has 0 rings (SSSR count). The lowest BCUT2D eigenvalue weighted by Crippen LogP contribution is -2.38. The summed E-state index contributed by atoms with van der Waals surface area (Å²) in [6.45, 7) is 1.72. The third-order valence-corrected chi connectivity index (χ3v) is 3.15. The number of carbonyl (C=O) groups is 2. The summed E-state index contributed by atoms with van der Waals surface area (Å²) in [7, 11) is -4.73. The van der Waals surface area contributed by atoms with Gasteiger partial charge < -0.3 is 10.2 Å². The van der Waals surface area contributed by atoms with Crippen LogP contribution in [0, 0.1) is 5.92 Å². The lowest BCUT2D eigenvalue weighted by atomic mass is 10.0. The van der Waals surface area contributed by atoms with Gasteiger partial charge in [-0.05, 0) is 6.42 Å². The fourth-order valence-electron chi connectivity index (χ4n) is 1.20. The molecule has 0 saturated carbocycles. The van der Waals surface area contributed by atoms with Crippen molar-refractivity contribution in [3.05, 3.63) is 5.92 Å². The molecule has 0 aromatic carbocycles. The lowest BCUT2D eigenvalue weighted by molar-refractivity contribution is -0.144. The highest BCUT2D eigenvalue weighted by Gasteiger charge is 2.43. The molecule has 0 aliphatic rings. The fraction of sp³-hybridized carbons (Fsp3) is 0.625. The van der Waals surface area contributed by atoms with E-state index in [1.54, 1.807) is 6.92 Å². The number of aliphatic carboxylic acids is 2. The van der Waals surface area contributed by atoms with Crippen molar-refractivity contribution in [2.45, 2.75) is 31.4 Å². The molecule has 0 aliphatic carbocycles. The molecule has 7 nitrogen and oxygen atoms in total. The maximum atomic E-state index is 10.9. The van der Waals surface area contributed by atoms with Crippen LogP contribution in [-0.2, 0) is 19.7 Å². The predicted molar refractivity (Wildman–Crippen MR) is 53.4 cm³/mol. The van der Waals surface area contributed by atoms with Crippen LogP contribution in [0.15, 0.2) is 0 Å². The van der Waals surface area contributed by atoms with Gasteiger partial charge in [0.05, 0.1) is 0 Å². The highest BCUT2D eigenvalue weighted by atomic mass is 32.2. The monoisotopic (exact) mass is 253 g/mol. The minimum Gasteiger partial charge on any atom is -0.480 e. The standard InChI is InChI=1S/C8H13O7S/c1-2-3-4-5(16(13,14)15)6(7(9)10)8(11)12/h5H,2-4H2,1H3,(H,9,10)(H,11,12)(H,13,14,15). The molecule has 0 aromatic rings. The predicted octanol–water partition coefficient (Wildman–Crippen LogP) is 0.177. The van der Waals surface area contributed by atoms with Gasteiger partial charge in [0, 0.05) is 0 Å². The lowest BCUT2D eigenvalue weighted by Gasteiger charge is -2.16. The van der Waals surface area contributed by atoms with E-state index < -0.39 is 33.2 Å². The molecule has 1 radical (unpaired) electrons. The molecule has 0 aromatic heterocycles. The van der Waals surface area contributed by atoms with Crippen LogP contribution in [0.1, 0.15) is 26.2 Å². The number of rotatable bonds is 7. The minimum absolute atomic E-state index is 0.233. The summed E-state index contributed by atoms with van der Waals surface area (Å²) in [5, 5.41) is 15.3. The van der Waals surface area contributed by atoms with Gasteiger partial charge in [-0.25, -0.2) is 0 Å². The molecular weight excluding hydrogens is 240 g/mol. The molecule has 16 heavy (non-hydrogen) atoms. The van der Waals surface area contributed by atoms with Crippen LogP contribution in [0.5, 0.6) is 0 Å². The Kier molecular flexibility index (Phi) is 5.39. The Morgan fingerprint density at radius 2 is 1.62 bits per heavy atom. The van der Waals surface area contributed by atoms with Crippen molar-refractivity contribution in [1.82, 2.24) is 0 Å².